The normalized spacial score (nSPS) is 17.6. The molecule has 0 bridgehead atoms. The predicted octanol–water partition coefficient (Wildman–Crippen LogP) is 1.64. The third kappa shape index (κ3) is 2.73. The van der Waals surface area contributed by atoms with Crippen molar-refractivity contribution in [3.05, 3.63) is 34.2 Å². The summed E-state index contributed by atoms with van der Waals surface area (Å²) in [6, 6.07) is 5.47. The number of hydrogen-bond donors (Lipinski definition) is 0. The molecule has 1 aliphatic rings. The van der Waals surface area contributed by atoms with Crippen molar-refractivity contribution in [2.75, 3.05) is 19.6 Å². The molecule has 3 nitrogen and oxygen atoms in total. The highest BCUT2D eigenvalue weighted by Gasteiger charge is 2.10. The number of rotatable bonds is 3. The Morgan fingerprint density at radius 3 is 2.56 bits per heavy atom. The van der Waals surface area contributed by atoms with Crippen LogP contribution in [-0.4, -0.2) is 29.1 Å². The van der Waals surface area contributed by atoms with Gasteiger partial charge in [0, 0.05) is 24.8 Å². The van der Waals surface area contributed by atoms with Crippen LogP contribution in [0.4, 0.5) is 0 Å². The van der Waals surface area contributed by atoms with Crippen LogP contribution in [-0.2, 0) is 6.54 Å². The van der Waals surface area contributed by atoms with E-state index in [1.54, 1.807) is 6.07 Å². The maximum atomic E-state index is 11.7. The summed E-state index contributed by atoms with van der Waals surface area (Å²) in [6.07, 6.45) is 3.98. The first kappa shape index (κ1) is 11.4. The van der Waals surface area contributed by atoms with Crippen molar-refractivity contribution in [1.82, 2.24) is 9.47 Å². The maximum absolute atomic E-state index is 11.7. The fourth-order valence-electron chi connectivity index (χ4n) is 2.33. The second kappa shape index (κ2) is 5.30. The third-order valence-corrected chi connectivity index (χ3v) is 3.36. The minimum Gasteiger partial charge on any atom is -0.312 e. The lowest BCUT2D eigenvalue weighted by molar-refractivity contribution is 0.219. The zero-order chi connectivity index (χ0) is 11.4. The highest BCUT2D eigenvalue weighted by atomic mass is 16.1. The van der Waals surface area contributed by atoms with Gasteiger partial charge in [-0.3, -0.25) is 4.79 Å². The van der Waals surface area contributed by atoms with Gasteiger partial charge < -0.3 is 9.47 Å². The Morgan fingerprint density at radius 1 is 1.12 bits per heavy atom. The summed E-state index contributed by atoms with van der Waals surface area (Å²) < 4.78 is 1.87. The molecule has 0 unspecified atom stereocenters. The fraction of sp³-hybridized carbons (Fsp3) is 0.615. The molecule has 3 heteroatoms. The summed E-state index contributed by atoms with van der Waals surface area (Å²) in [7, 11) is 0. The van der Waals surface area contributed by atoms with Gasteiger partial charge in [0.05, 0.1) is 0 Å². The van der Waals surface area contributed by atoms with E-state index in [2.05, 4.69) is 4.90 Å². The number of piperidine rings is 1. The molecule has 1 fully saturated rings. The molecule has 88 valence electrons. The summed E-state index contributed by atoms with van der Waals surface area (Å²) >= 11 is 0. The Morgan fingerprint density at radius 2 is 1.88 bits per heavy atom. The summed E-state index contributed by atoms with van der Waals surface area (Å²) in [5.74, 6) is 0. The van der Waals surface area contributed by atoms with E-state index in [-0.39, 0.29) is 5.56 Å². The molecule has 1 aromatic rings. The lowest BCUT2D eigenvalue weighted by Gasteiger charge is -2.26. The average molecular weight is 220 g/mol. The molecule has 1 aromatic heterocycles. The zero-order valence-corrected chi connectivity index (χ0v) is 9.98. The molecule has 0 amide bonds. The molecule has 1 saturated heterocycles. The Hall–Kier alpha value is -1.09. The molecular weight excluding hydrogens is 200 g/mol. The van der Waals surface area contributed by atoms with Crippen molar-refractivity contribution >= 4 is 0 Å². The lowest BCUT2D eigenvalue weighted by Crippen LogP contribution is -2.35. The monoisotopic (exact) mass is 220 g/mol. The van der Waals surface area contributed by atoms with Crippen LogP contribution in [0.1, 0.15) is 25.0 Å². The molecule has 0 radical (unpaired) electrons. The van der Waals surface area contributed by atoms with Crippen LogP contribution in [0.3, 0.4) is 0 Å². The van der Waals surface area contributed by atoms with E-state index < -0.39 is 0 Å². The van der Waals surface area contributed by atoms with Gasteiger partial charge in [-0.15, -0.1) is 0 Å². The molecular formula is C13H20N2O. The van der Waals surface area contributed by atoms with Crippen molar-refractivity contribution in [3.63, 3.8) is 0 Å². The van der Waals surface area contributed by atoms with Crippen LogP contribution in [0, 0.1) is 6.92 Å². The van der Waals surface area contributed by atoms with Crippen molar-refractivity contribution < 1.29 is 0 Å². The van der Waals surface area contributed by atoms with Gasteiger partial charge in [-0.25, -0.2) is 0 Å². The second-order valence-corrected chi connectivity index (χ2v) is 4.56. The fourth-order valence-corrected chi connectivity index (χ4v) is 2.33. The summed E-state index contributed by atoms with van der Waals surface area (Å²) in [5.41, 5.74) is 1.18. The molecule has 1 aliphatic heterocycles. The van der Waals surface area contributed by atoms with Gasteiger partial charge in [0.2, 0.25) is 0 Å². The Balaban J connectivity index is 1.96. The molecule has 0 aromatic carbocycles. The second-order valence-electron chi connectivity index (χ2n) is 4.56. The molecule has 2 rings (SSSR count). The van der Waals surface area contributed by atoms with E-state index in [4.69, 9.17) is 0 Å². The smallest absolute Gasteiger partial charge is 0.250 e. The third-order valence-electron chi connectivity index (χ3n) is 3.36. The van der Waals surface area contributed by atoms with E-state index in [0.29, 0.717) is 0 Å². The number of pyridine rings is 1. The first-order valence-corrected chi connectivity index (χ1v) is 6.16. The van der Waals surface area contributed by atoms with Crippen molar-refractivity contribution in [2.24, 2.45) is 0 Å². The largest absolute Gasteiger partial charge is 0.312 e. The van der Waals surface area contributed by atoms with E-state index in [1.807, 2.05) is 23.6 Å². The maximum Gasteiger partial charge on any atom is 0.250 e. The summed E-state index contributed by atoms with van der Waals surface area (Å²) in [4.78, 5) is 14.1. The topological polar surface area (TPSA) is 25.2 Å². The van der Waals surface area contributed by atoms with Gasteiger partial charge >= 0.3 is 0 Å². The standard InChI is InChI=1S/C13H20N2O/c1-12-6-5-7-13(16)15(12)11-10-14-8-3-2-4-9-14/h5-7H,2-4,8-11H2,1H3. The van der Waals surface area contributed by atoms with Crippen LogP contribution in [0.15, 0.2) is 23.0 Å². The zero-order valence-electron chi connectivity index (χ0n) is 9.98. The Kier molecular flexibility index (Phi) is 3.78. The molecule has 0 atom stereocenters. The van der Waals surface area contributed by atoms with Crippen LogP contribution < -0.4 is 5.56 Å². The van der Waals surface area contributed by atoms with Gasteiger partial charge in [-0.1, -0.05) is 12.5 Å². The number of likely N-dealkylation sites (tertiary alicyclic amines) is 1. The number of aryl methyl sites for hydroxylation is 1. The van der Waals surface area contributed by atoms with Crippen LogP contribution in [0.25, 0.3) is 0 Å². The molecule has 16 heavy (non-hydrogen) atoms. The highest BCUT2D eigenvalue weighted by molar-refractivity contribution is 5.04. The molecule has 0 spiro atoms. The van der Waals surface area contributed by atoms with Gasteiger partial charge in [0.25, 0.3) is 5.56 Å². The summed E-state index contributed by atoms with van der Waals surface area (Å²) in [5, 5.41) is 0. The van der Waals surface area contributed by atoms with Crippen molar-refractivity contribution in [1.29, 1.82) is 0 Å². The van der Waals surface area contributed by atoms with Crippen LogP contribution >= 0.6 is 0 Å². The quantitative estimate of drug-likeness (QED) is 0.774. The first-order valence-electron chi connectivity index (χ1n) is 6.16. The predicted molar refractivity (Wildman–Crippen MR) is 65.7 cm³/mol. The molecule has 0 N–H and O–H groups in total. The van der Waals surface area contributed by atoms with Gasteiger partial charge in [0.15, 0.2) is 0 Å². The number of hydrogen-bond acceptors (Lipinski definition) is 2. The minimum absolute atomic E-state index is 0.122. The van der Waals surface area contributed by atoms with Gasteiger partial charge in [-0.05, 0) is 38.9 Å². The SMILES string of the molecule is Cc1cccc(=O)n1CCN1CCCCC1. The summed E-state index contributed by atoms with van der Waals surface area (Å²) in [6.45, 7) is 6.22. The average Bonchev–Trinajstić information content (AvgIpc) is 2.30. The number of aromatic nitrogens is 1. The molecule has 0 saturated carbocycles. The van der Waals surface area contributed by atoms with E-state index in [0.717, 1.165) is 18.8 Å². The van der Waals surface area contributed by atoms with Gasteiger partial charge in [0.1, 0.15) is 0 Å². The van der Waals surface area contributed by atoms with Gasteiger partial charge in [-0.2, -0.15) is 0 Å². The highest BCUT2D eigenvalue weighted by Crippen LogP contribution is 2.08. The van der Waals surface area contributed by atoms with Crippen molar-refractivity contribution in [2.45, 2.75) is 32.7 Å². The van der Waals surface area contributed by atoms with Crippen LogP contribution in [0.5, 0.6) is 0 Å². The van der Waals surface area contributed by atoms with Crippen LogP contribution in [0.2, 0.25) is 0 Å². The van der Waals surface area contributed by atoms with E-state index >= 15 is 0 Å². The lowest BCUT2D eigenvalue weighted by atomic mass is 10.1. The Labute approximate surface area is 96.7 Å². The Bertz CT molecular complexity index is 391. The minimum atomic E-state index is 0.122. The molecule has 0 aliphatic carbocycles. The molecule has 2 heterocycles. The number of nitrogens with zero attached hydrogens (tertiary/aromatic N) is 2. The van der Waals surface area contributed by atoms with Crippen molar-refractivity contribution in [3.8, 4) is 0 Å². The van der Waals surface area contributed by atoms with E-state index in [1.165, 1.54) is 32.4 Å². The van der Waals surface area contributed by atoms with E-state index in [9.17, 15) is 4.79 Å². The first-order chi connectivity index (χ1) is 7.77.